The van der Waals surface area contributed by atoms with Crippen LogP contribution in [0, 0.1) is 18.7 Å². The van der Waals surface area contributed by atoms with Gasteiger partial charge < -0.3 is 10.1 Å². The van der Waals surface area contributed by atoms with Crippen LogP contribution in [-0.2, 0) is 9.53 Å². The van der Waals surface area contributed by atoms with E-state index in [0.717, 1.165) is 22.9 Å². The van der Waals surface area contributed by atoms with Crippen molar-refractivity contribution in [2.45, 2.75) is 40.0 Å². The van der Waals surface area contributed by atoms with Gasteiger partial charge in [0.15, 0.2) is 5.78 Å². The predicted octanol–water partition coefficient (Wildman–Crippen LogP) is 5.91. The normalized spacial score (nSPS) is 14.0. The number of aryl methyl sites for hydroxylation is 1. The molecule has 0 atom stereocenters. The minimum Gasteiger partial charge on any atom is -0.381 e. The van der Waals surface area contributed by atoms with Crippen molar-refractivity contribution in [1.82, 2.24) is 0 Å². The Morgan fingerprint density at radius 2 is 1.76 bits per heavy atom. The van der Waals surface area contributed by atoms with Gasteiger partial charge in [0.05, 0.1) is 5.69 Å². The maximum absolute atomic E-state index is 13.2. The Balaban J connectivity index is 0.00000145. The number of halogens is 2. The van der Waals surface area contributed by atoms with Gasteiger partial charge in [-0.2, -0.15) is 0 Å². The lowest BCUT2D eigenvalue weighted by Gasteiger charge is -2.21. The largest absolute Gasteiger partial charge is 0.381 e. The predicted molar refractivity (Wildman–Crippen MR) is 117 cm³/mol. The first-order valence-electron chi connectivity index (χ1n) is 9.92. The van der Waals surface area contributed by atoms with Crippen molar-refractivity contribution in [2.75, 3.05) is 18.5 Å². The van der Waals surface area contributed by atoms with Gasteiger partial charge in [-0.15, -0.1) is 0 Å². The molecular formula is C23H27BrFNO3. The highest BCUT2D eigenvalue weighted by Gasteiger charge is 2.21. The number of ketones is 1. The molecule has 1 aliphatic rings. The molecule has 0 bridgehead atoms. The Morgan fingerprint density at radius 1 is 1.14 bits per heavy atom. The van der Waals surface area contributed by atoms with Crippen molar-refractivity contribution in [3.05, 3.63) is 63.4 Å². The van der Waals surface area contributed by atoms with Gasteiger partial charge in [-0.25, -0.2) is 4.39 Å². The lowest BCUT2D eigenvalue weighted by Crippen LogP contribution is -2.23. The third-order valence-electron chi connectivity index (χ3n) is 4.74. The molecule has 3 rings (SSSR count). The summed E-state index contributed by atoms with van der Waals surface area (Å²) < 4.78 is 19.3. The fourth-order valence-electron chi connectivity index (χ4n) is 3.14. The van der Waals surface area contributed by atoms with E-state index in [9.17, 15) is 14.0 Å². The van der Waals surface area contributed by atoms with Crippen LogP contribution in [0.1, 0.15) is 54.6 Å². The van der Waals surface area contributed by atoms with Crippen LogP contribution in [0.3, 0.4) is 0 Å². The zero-order valence-corrected chi connectivity index (χ0v) is 18.6. The molecule has 2 aromatic carbocycles. The number of carbonyl (C=O) groups excluding carboxylic acids is 2. The second-order valence-corrected chi connectivity index (χ2v) is 7.65. The number of carbonyl (C=O) groups is 2. The Hall–Kier alpha value is -2.05. The zero-order valence-electron chi connectivity index (χ0n) is 17.1. The molecule has 1 fully saturated rings. The van der Waals surface area contributed by atoms with E-state index in [2.05, 4.69) is 21.2 Å². The summed E-state index contributed by atoms with van der Waals surface area (Å²) in [6.45, 7) is 7.24. The first-order valence-corrected chi connectivity index (χ1v) is 10.7. The van der Waals surface area contributed by atoms with Crippen LogP contribution in [0.2, 0.25) is 0 Å². The van der Waals surface area contributed by atoms with Gasteiger partial charge in [-0.05, 0) is 67.6 Å². The molecule has 0 spiro atoms. The highest BCUT2D eigenvalue weighted by Crippen LogP contribution is 2.28. The molecule has 0 saturated carbocycles. The summed E-state index contributed by atoms with van der Waals surface area (Å²) in [6, 6.07) is 8.88. The van der Waals surface area contributed by atoms with E-state index >= 15 is 0 Å². The van der Waals surface area contributed by atoms with E-state index in [4.69, 9.17) is 4.74 Å². The minimum absolute atomic E-state index is 0.120. The van der Waals surface area contributed by atoms with E-state index in [-0.39, 0.29) is 11.7 Å². The molecule has 6 heteroatoms. The highest BCUT2D eigenvalue weighted by molar-refractivity contribution is 9.10. The number of hydrogen-bond donors (Lipinski definition) is 1. The smallest absolute Gasteiger partial charge is 0.224 e. The quantitative estimate of drug-likeness (QED) is 0.560. The van der Waals surface area contributed by atoms with E-state index in [1.165, 1.54) is 24.3 Å². The Labute approximate surface area is 180 Å². The summed E-state index contributed by atoms with van der Waals surface area (Å²) in [7, 11) is 0. The Bertz CT molecular complexity index is 846. The summed E-state index contributed by atoms with van der Waals surface area (Å²) in [5.74, 6) is -0.481. The maximum atomic E-state index is 13.2. The molecule has 29 heavy (non-hydrogen) atoms. The van der Waals surface area contributed by atoms with E-state index in [0.29, 0.717) is 42.4 Å². The van der Waals surface area contributed by atoms with Crippen LogP contribution in [0.5, 0.6) is 0 Å². The number of anilines is 1. The Kier molecular flexibility index (Phi) is 8.99. The van der Waals surface area contributed by atoms with Crippen molar-refractivity contribution in [3.8, 4) is 0 Å². The number of hydrogen-bond acceptors (Lipinski definition) is 3. The van der Waals surface area contributed by atoms with Gasteiger partial charge in [0.1, 0.15) is 5.82 Å². The van der Waals surface area contributed by atoms with Crippen LogP contribution in [0.25, 0.3) is 0 Å². The molecule has 1 heterocycles. The maximum Gasteiger partial charge on any atom is 0.224 e. The molecule has 1 aliphatic heterocycles. The average Bonchev–Trinajstić information content (AvgIpc) is 2.73. The Morgan fingerprint density at radius 3 is 2.38 bits per heavy atom. The zero-order chi connectivity index (χ0) is 21.4. The van der Waals surface area contributed by atoms with E-state index in [1.807, 2.05) is 20.8 Å². The van der Waals surface area contributed by atoms with Crippen LogP contribution in [0.15, 0.2) is 40.9 Å². The molecule has 0 radical (unpaired) electrons. The van der Waals surface area contributed by atoms with E-state index < -0.39 is 5.82 Å². The summed E-state index contributed by atoms with van der Waals surface area (Å²) in [5.41, 5.74) is 2.10. The monoisotopic (exact) mass is 463 g/mol. The first kappa shape index (κ1) is 23.2. The van der Waals surface area contributed by atoms with Crippen molar-refractivity contribution >= 4 is 33.3 Å². The van der Waals surface area contributed by atoms with Crippen LogP contribution in [0.4, 0.5) is 10.1 Å². The molecule has 2 aromatic rings. The third-order valence-corrected chi connectivity index (χ3v) is 5.59. The molecule has 0 aromatic heterocycles. The van der Waals surface area contributed by atoms with Gasteiger partial charge in [-0.3, -0.25) is 9.59 Å². The summed E-state index contributed by atoms with van der Waals surface area (Å²) in [5, 5.41) is 2.88. The summed E-state index contributed by atoms with van der Waals surface area (Å²) in [4.78, 5) is 25.4. The van der Waals surface area contributed by atoms with Crippen molar-refractivity contribution in [1.29, 1.82) is 0 Å². The average molecular weight is 464 g/mol. The van der Waals surface area contributed by atoms with Gasteiger partial charge in [0.2, 0.25) is 5.91 Å². The van der Waals surface area contributed by atoms with Crippen molar-refractivity contribution in [3.63, 3.8) is 0 Å². The molecule has 156 valence electrons. The molecule has 1 saturated heterocycles. The molecule has 0 aliphatic carbocycles. The van der Waals surface area contributed by atoms with Crippen LogP contribution >= 0.6 is 15.9 Å². The number of nitrogens with one attached hydrogen (secondary N) is 1. The van der Waals surface area contributed by atoms with Gasteiger partial charge in [0.25, 0.3) is 0 Å². The minimum atomic E-state index is -0.400. The molecule has 0 unspecified atom stereocenters. The fourth-order valence-corrected chi connectivity index (χ4v) is 3.49. The highest BCUT2D eigenvalue weighted by atomic mass is 79.9. The van der Waals surface area contributed by atoms with Crippen molar-refractivity contribution < 1.29 is 18.7 Å². The van der Waals surface area contributed by atoms with Gasteiger partial charge >= 0.3 is 0 Å². The fraction of sp³-hybridized carbons (Fsp3) is 0.391. The molecule has 1 N–H and O–H groups in total. The van der Waals surface area contributed by atoms with Crippen LogP contribution < -0.4 is 5.32 Å². The number of rotatable bonds is 5. The molecular weight excluding hydrogens is 437 g/mol. The second-order valence-electron chi connectivity index (χ2n) is 6.79. The summed E-state index contributed by atoms with van der Waals surface area (Å²) >= 11 is 3.45. The summed E-state index contributed by atoms with van der Waals surface area (Å²) in [6.07, 6.45) is 2.14. The lowest BCUT2D eigenvalue weighted by molar-refractivity contribution is -0.117. The van der Waals surface area contributed by atoms with Gasteiger partial charge in [-0.1, -0.05) is 29.8 Å². The number of ether oxygens (including phenoxy) is 1. The third kappa shape index (κ3) is 6.47. The SMILES string of the molecule is CC.Cc1cc(C(=O)c2ccc(F)cc2)c(NC(=O)CC2CCOCC2)cc1Br. The van der Waals surface area contributed by atoms with Crippen molar-refractivity contribution in [2.24, 2.45) is 5.92 Å². The standard InChI is InChI=1S/C21H21BrFNO3.C2H6/c1-13-10-17(21(26)15-2-4-16(23)5-3-15)19(12-18(13)22)24-20(25)11-14-6-8-27-9-7-14;1-2/h2-5,10,12,14H,6-9,11H2,1H3,(H,24,25);1-2H3. The second kappa shape index (κ2) is 11.2. The topological polar surface area (TPSA) is 55.4 Å². The lowest BCUT2D eigenvalue weighted by atomic mass is 9.95. The van der Waals surface area contributed by atoms with Gasteiger partial charge in [0, 0.05) is 35.2 Å². The molecule has 1 amide bonds. The van der Waals surface area contributed by atoms with Crippen LogP contribution in [-0.4, -0.2) is 24.9 Å². The number of amides is 1. The molecule has 4 nitrogen and oxygen atoms in total. The van der Waals surface area contributed by atoms with E-state index in [1.54, 1.807) is 12.1 Å². The first-order chi connectivity index (χ1) is 13.9. The number of benzene rings is 2.